The molecule has 1 aromatic heterocycles. The molecule has 0 aliphatic carbocycles. The van der Waals surface area contributed by atoms with E-state index in [9.17, 15) is 0 Å². The molecule has 0 aliphatic rings. The second kappa shape index (κ2) is 6.86. The second-order valence-electron chi connectivity index (χ2n) is 4.16. The van der Waals surface area contributed by atoms with E-state index >= 15 is 0 Å². The Hall–Kier alpha value is -1.92. The number of benzene rings is 1. The van der Waals surface area contributed by atoms with E-state index in [0.717, 1.165) is 12.2 Å². The Morgan fingerprint density at radius 3 is 2.74 bits per heavy atom. The lowest BCUT2D eigenvalue weighted by Gasteiger charge is -2.01. The smallest absolute Gasteiger partial charge is 0.320 e. The van der Waals surface area contributed by atoms with Crippen molar-refractivity contribution in [1.29, 1.82) is 0 Å². The second-order valence-corrected chi connectivity index (χ2v) is 4.16. The molecular formula is C13H18N4O2. The number of rotatable bonds is 7. The van der Waals surface area contributed by atoms with Gasteiger partial charge in [0.15, 0.2) is 0 Å². The van der Waals surface area contributed by atoms with Crippen LogP contribution in [0.5, 0.6) is 0 Å². The van der Waals surface area contributed by atoms with Crippen LogP contribution < -0.4 is 10.6 Å². The maximum absolute atomic E-state index is 5.46. The van der Waals surface area contributed by atoms with Gasteiger partial charge >= 0.3 is 6.01 Å². The van der Waals surface area contributed by atoms with E-state index in [1.807, 2.05) is 31.2 Å². The molecule has 0 atom stereocenters. The minimum atomic E-state index is 0.396. The molecule has 1 aromatic carbocycles. The zero-order valence-corrected chi connectivity index (χ0v) is 11.1. The van der Waals surface area contributed by atoms with Gasteiger partial charge in [0.05, 0.1) is 13.2 Å². The Morgan fingerprint density at radius 2 is 2.00 bits per heavy atom. The van der Waals surface area contributed by atoms with E-state index in [1.165, 1.54) is 5.56 Å². The molecule has 0 spiro atoms. The monoisotopic (exact) mass is 262 g/mol. The molecule has 0 aliphatic heterocycles. The first kappa shape index (κ1) is 13.5. The third-order valence-corrected chi connectivity index (χ3v) is 2.53. The molecule has 0 fully saturated rings. The molecule has 1 heterocycles. The van der Waals surface area contributed by atoms with Crippen LogP contribution >= 0.6 is 0 Å². The lowest BCUT2D eigenvalue weighted by Crippen LogP contribution is -2.18. The summed E-state index contributed by atoms with van der Waals surface area (Å²) in [6.07, 6.45) is 0. The zero-order valence-electron chi connectivity index (χ0n) is 11.1. The number of aromatic nitrogens is 2. The third kappa shape index (κ3) is 4.35. The van der Waals surface area contributed by atoms with E-state index in [4.69, 9.17) is 9.15 Å². The SMILES string of the molecule is COCCNCc1nnc(Nc2ccc(C)cc2)o1. The van der Waals surface area contributed by atoms with E-state index in [-0.39, 0.29) is 0 Å². The first-order valence-electron chi connectivity index (χ1n) is 6.13. The van der Waals surface area contributed by atoms with Gasteiger partial charge in [0, 0.05) is 19.3 Å². The van der Waals surface area contributed by atoms with Gasteiger partial charge in [-0.25, -0.2) is 0 Å². The van der Waals surface area contributed by atoms with Crippen molar-refractivity contribution >= 4 is 11.7 Å². The Balaban J connectivity index is 1.85. The normalized spacial score (nSPS) is 10.6. The maximum atomic E-state index is 5.46. The van der Waals surface area contributed by atoms with Crippen LogP contribution in [0.2, 0.25) is 0 Å². The molecule has 0 saturated heterocycles. The zero-order chi connectivity index (χ0) is 13.5. The van der Waals surface area contributed by atoms with Gasteiger partial charge in [-0.2, -0.15) is 0 Å². The van der Waals surface area contributed by atoms with Crippen LogP contribution in [0.15, 0.2) is 28.7 Å². The summed E-state index contributed by atoms with van der Waals surface area (Å²) in [5, 5.41) is 14.1. The summed E-state index contributed by atoms with van der Waals surface area (Å²) in [7, 11) is 1.66. The van der Waals surface area contributed by atoms with Crippen LogP contribution in [0.3, 0.4) is 0 Å². The highest BCUT2D eigenvalue weighted by Crippen LogP contribution is 2.15. The number of nitrogens with zero attached hydrogens (tertiary/aromatic N) is 2. The van der Waals surface area contributed by atoms with Crippen molar-refractivity contribution in [2.24, 2.45) is 0 Å². The predicted molar refractivity (Wildman–Crippen MR) is 72.3 cm³/mol. The first-order chi connectivity index (χ1) is 9.28. The summed E-state index contributed by atoms with van der Waals surface area (Å²) >= 11 is 0. The van der Waals surface area contributed by atoms with E-state index < -0.39 is 0 Å². The minimum absolute atomic E-state index is 0.396. The Labute approximate surface area is 112 Å². The van der Waals surface area contributed by atoms with Crippen molar-refractivity contribution in [2.75, 3.05) is 25.6 Å². The molecular weight excluding hydrogens is 244 g/mol. The number of hydrogen-bond acceptors (Lipinski definition) is 6. The van der Waals surface area contributed by atoms with E-state index in [2.05, 4.69) is 20.8 Å². The van der Waals surface area contributed by atoms with Crippen LogP contribution in [0.1, 0.15) is 11.5 Å². The highest BCUT2D eigenvalue weighted by molar-refractivity contribution is 5.52. The van der Waals surface area contributed by atoms with Crippen LogP contribution in [0.4, 0.5) is 11.7 Å². The van der Waals surface area contributed by atoms with Crippen molar-refractivity contribution in [3.05, 3.63) is 35.7 Å². The van der Waals surface area contributed by atoms with E-state index in [1.54, 1.807) is 7.11 Å². The van der Waals surface area contributed by atoms with Gasteiger partial charge in [0.2, 0.25) is 5.89 Å². The average molecular weight is 262 g/mol. The Bertz CT molecular complexity index is 496. The quantitative estimate of drug-likeness (QED) is 0.742. The summed E-state index contributed by atoms with van der Waals surface area (Å²) in [5.41, 5.74) is 2.13. The van der Waals surface area contributed by atoms with Gasteiger partial charge in [-0.05, 0) is 19.1 Å². The fraction of sp³-hybridized carbons (Fsp3) is 0.385. The van der Waals surface area contributed by atoms with Crippen LogP contribution in [-0.2, 0) is 11.3 Å². The van der Waals surface area contributed by atoms with Gasteiger partial charge in [0.25, 0.3) is 0 Å². The van der Waals surface area contributed by atoms with Crippen LogP contribution in [0, 0.1) is 6.92 Å². The standard InChI is InChI=1S/C13H18N4O2/c1-10-3-5-11(6-4-10)15-13-17-16-12(19-13)9-14-7-8-18-2/h3-6,14H,7-9H2,1-2H3,(H,15,17). The molecule has 6 heteroatoms. The Kier molecular flexibility index (Phi) is 4.88. The van der Waals surface area contributed by atoms with Gasteiger partial charge in [-0.3, -0.25) is 0 Å². The Morgan fingerprint density at radius 1 is 1.21 bits per heavy atom. The maximum Gasteiger partial charge on any atom is 0.320 e. The van der Waals surface area contributed by atoms with Crippen molar-refractivity contribution in [3.63, 3.8) is 0 Å². The van der Waals surface area contributed by atoms with E-state index in [0.29, 0.717) is 25.1 Å². The lowest BCUT2D eigenvalue weighted by atomic mass is 10.2. The summed E-state index contributed by atoms with van der Waals surface area (Å²) in [4.78, 5) is 0. The average Bonchev–Trinajstić information content (AvgIpc) is 2.85. The molecule has 0 radical (unpaired) electrons. The summed E-state index contributed by atoms with van der Waals surface area (Å²) < 4.78 is 10.4. The predicted octanol–water partition coefficient (Wildman–Crippen LogP) is 1.86. The number of aryl methyl sites for hydroxylation is 1. The van der Waals surface area contributed by atoms with Crippen molar-refractivity contribution in [1.82, 2.24) is 15.5 Å². The molecule has 2 N–H and O–H groups in total. The highest BCUT2D eigenvalue weighted by atomic mass is 16.5. The minimum Gasteiger partial charge on any atom is -0.406 e. The molecule has 0 saturated carbocycles. The number of hydrogen-bond donors (Lipinski definition) is 2. The van der Waals surface area contributed by atoms with Crippen molar-refractivity contribution in [2.45, 2.75) is 13.5 Å². The summed E-state index contributed by atoms with van der Waals surface area (Å²) in [6.45, 7) is 3.98. The van der Waals surface area contributed by atoms with Gasteiger partial charge < -0.3 is 19.8 Å². The van der Waals surface area contributed by atoms with Crippen LogP contribution in [-0.4, -0.2) is 30.5 Å². The lowest BCUT2D eigenvalue weighted by molar-refractivity contribution is 0.198. The number of ether oxygens (including phenoxy) is 1. The molecule has 0 amide bonds. The molecule has 102 valence electrons. The van der Waals surface area contributed by atoms with Gasteiger partial charge in [-0.15, -0.1) is 5.10 Å². The largest absolute Gasteiger partial charge is 0.406 e. The van der Waals surface area contributed by atoms with Gasteiger partial charge in [0.1, 0.15) is 0 Å². The van der Waals surface area contributed by atoms with Crippen molar-refractivity contribution in [3.8, 4) is 0 Å². The fourth-order valence-corrected chi connectivity index (χ4v) is 1.51. The third-order valence-electron chi connectivity index (χ3n) is 2.53. The molecule has 6 nitrogen and oxygen atoms in total. The highest BCUT2D eigenvalue weighted by Gasteiger charge is 2.05. The molecule has 2 aromatic rings. The topological polar surface area (TPSA) is 72.2 Å². The van der Waals surface area contributed by atoms with Crippen molar-refractivity contribution < 1.29 is 9.15 Å². The number of anilines is 2. The molecule has 19 heavy (non-hydrogen) atoms. The summed E-state index contributed by atoms with van der Waals surface area (Å²) in [5.74, 6) is 0.547. The number of methoxy groups -OCH3 is 1. The molecule has 0 unspecified atom stereocenters. The first-order valence-corrected chi connectivity index (χ1v) is 6.13. The van der Waals surface area contributed by atoms with Crippen LogP contribution in [0.25, 0.3) is 0 Å². The molecule has 2 rings (SSSR count). The number of nitrogens with one attached hydrogen (secondary N) is 2. The molecule has 0 bridgehead atoms. The fourth-order valence-electron chi connectivity index (χ4n) is 1.51. The summed E-state index contributed by atoms with van der Waals surface area (Å²) in [6, 6.07) is 8.37. The van der Waals surface area contributed by atoms with Gasteiger partial charge in [-0.1, -0.05) is 22.8 Å².